The van der Waals surface area contributed by atoms with Crippen molar-refractivity contribution in [3.8, 4) is 0 Å². The van der Waals surface area contributed by atoms with Crippen LogP contribution in [0.5, 0.6) is 0 Å². The number of aromatic nitrogens is 1. The van der Waals surface area contributed by atoms with Crippen molar-refractivity contribution < 1.29 is 13.6 Å². The number of alkyl halides is 2. The van der Waals surface area contributed by atoms with Crippen LogP contribution in [0.1, 0.15) is 22.5 Å². The highest BCUT2D eigenvalue weighted by molar-refractivity contribution is 7.18. The quantitative estimate of drug-likeness (QED) is 0.864. The average molecular weight is 319 g/mol. The molecule has 1 aliphatic heterocycles. The van der Waals surface area contributed by atoms with Crippen molar-refractivity contribution in [1.82, 2.24) is 9.88 Å². The Morgan fingerprint density at radius 1 is 1.62 bits per heavy atom. The number of nitrogen functional groups attached to an aromatic ring is 1. The molecule has 0 radical (unpaired) electrons. The third kappa shape index (κ3) is 3.79. The number of hydrogen-bond donors (Lipinski definition) is 2. The lowest BCUT2D eigenvalue weighted by atomic mass is 10.1. The van der Waals surface area contributed by atoms with Gasteiger partial charge in [-0.1, -0.05) is 11.3 Å². The summed E-state index contributed by atoms with van der Waals surface area (Å²) in [4.78, 5) is 19.4. The van der Waals surface area contributed by atoms with Gasteiger partial charge in [0, 0.05) is 26.2 Å². The Balaban J connectivity index is 2.13. The molecule has 1 saturated heterocycles. The van der Waals surface area contributed by atoms with Gasteiger partial charge in [0.05, 0.1) is 6.54 Å². The molecule has 2 heterocycles. The van der Waals surface area contributed by atoms with Crippen molar-refractivity contribution in [2.75, 3.05) is 37.3 Å². The van der Waals surface area contributed by atoms with E-state index in [1.807, 2.05) is 4.90 Å². The van der Waals surface area contributed by atoms with E-state index in [4.69, 9.17) is 11.5 Å². The van der Waals surface area contributed by atoms with Crippen LogP contribution in [0.3, 0.4) is 0 Å². The maximum atomic E-state index is 12.3. The molecular weight excluding hydrogens is 300 g/mol. The van der Waals surface area contributed by atoms with Crippen LogP contribution in [0.25, 0.3) is 0 Å². The summed E-state index contributed by atoms with van der Waals surface area (Å²) < 4.78 is 24.7. The normalized spacial score (nSPS) is 19.1. The Hall–Kier alpha value is -1.48. The fourth-order valence-corrected chi connectivity index (χ4v) is 3.27. The summed E-state index contributed by atoms with van der Waals surface area (Å²) in [5, 5.41) is 0.622. The molecule has 1 aromatic rings. The minimum absolute atomic E-state index is 0.0736. The Morgan fingerprint density at radius 2 is 2.33 bits per heavy atom. The highest BCUT2D eigenvalue weighted by Crippen LogP contribution is 2.30. The second-order valence-corrected chi connectivity index (χ2v) is 6.11. The maximum absolute atomic E-state index is 12.3. The van der Waals surface area contributed by atoms with Crippen molar-refractivity contribution >= 4 is 28.2 Å². The molecule has 6 nitrogen and oxygen atoms in total. The Labute approximate surface area is 125 Å². The molecule has 9 heteroatoms. The molecule has 21 heavy (non-hydrogen) atoms. The molecule has 0 spiro atoms. The number of rotatable bonds is 4. The number of thiazole rings is 1. The second-order valence-electron chi connectivity index (χ2n) is 5.14. The Morgan fingerprint density at radius 3 is 2.95 bits per heavy atom. The number of anilines is 2. The molecule has 1 unspecified atom stereocenters. The first-order chi connectivity index (χ1) is 9.88. The molecule has 1 aliphatic rings. The highest BCUT2D eigenvalue weighted by Gasteiger charge is 2.25. The van der Waals surface area contributed by atoms with Crippen LogP contribution in [-0.2, 0) is 0 Å². The highest BCUT2D eigenvalue weighted by atomic mass is 32.1. The van der Waals surface area contributed by atoms with E-state index in [-0.39, 0.29) is 16.7 Å². The lowest BCUT2D eigenvalue weighted by molar-refractivity contribution is 0.0625. The number of carbonyl (C=O) groups is 1. The van der Waals surface area contributed by atoms with Crippen molar-refractivity contribution in [3.63, 3.8) is 0 Å². The molecule has 2 rings (SSSR count). The van der Waals surface area contributed by atoms with E-state index >= 15 is 0 Å². The first-order valence-corrected chi connectivity index (χ1v) is 7.50. The number of carbonyl (C=O) groups excluding carboxylic acids is 1. The third-order valence-electron chi connectivity index (χ3n) is 3.32. The molecule has 1 amide bonds. The van der Waals surface area contributed by atoms with Gasteiger partial charge in [0.2, 0.25) is 0 Å². The number of hydrogen-bond acceptors (Lipinski definition) is 6. The van der Waals surface area contributed by atoms with Crippen LogP contribution in [0, 0.1) is 0 Å². The SMILES string of the molecule is CN(CC(F)F)C(=O)c1sc(N2CCCC(N)C2)nc1N. The van der Waals surface area contributed by atoms with Gasteiger partial charge < -0.3 is 21.3 Å². The zero-order valence-corrected chi connectivity index (χ0v) is 12.6. The predicted octanol–water partition coefficient (Wildman–Crippen LogP) is 0.990. The largest absolute Gasteiger partial charge is 0.382 e. The number of piperidine rings is 1. The molecule has 0 aliphatic carbocycles. The van der Waals surface area contributed by atoms with Gasteiger partial charge in [-0.05, 0) is 12.8 Å². The molecule has 1 aromatic heterocycles. The van der Waals surface area contributed by atoms with Crippen molar-refractivity contribution in [2.24, 2.45) is 5.73 Å². The lowest BCUT2D eigenvalue weighted by Crippen LogP contribution is -2.42. The molecule has 0 aromatic carbocycles. The Bertz CT molecular complexity index is 510. The van der Waals surface area contributed by atoms with Gasteiger partial charge in [-0.15, -0.1) is 0 Å². The summed E-state index contributed by atoms with van der Waals surface area (Å²) in [6, 6.07) is 0.0736. The number of nitrogens with zero attached hydrogens (tertiary/aromatic N) is 3. The summed E-state index contributed by atoms with van der Waals surface area (Å²) in [6.07, 6.45) is -0.664. The lowest BCUT2D eigenvalue weighted by Gasteiger charge is -2.30. The average Bonchev–Trinajstić information content (AvgIpc) is 2.79. The minimum atomic E-state index is -2.58. The number of amides is 1. The first-order valence-electron chi connectivity index (χ1n) is 6.69. The molecular formula is C12H19F2N5OS. The van der Waals surface area contributed by atoms with Crippen LogP contribution in [0.2, 0.25) is 0 Å². The van der Waals surface area contributed by atoms with Gasteiger partial charge in [-0.25, -0.2) is 13.8 Å². The molecule has 118 valence electrons. The van der Waals surface area contributed by atoms with Crippen LogP contribution in [0.4, 0.5) is 19.7 Å². The summed E-state index contributed by atoms with van der Waals surface area (Å²) in [5.74, 6) is -0.446. The van der Waals surface area contributed by atoms with Crippen LogP contribution in [0.15, 0.2) is 0 Å². The van der Waals surface area contributed by atoms with Gasteiger partial charge in [-0.3, -0.25) is 4.79 Å². The summed E-state index contributed by atoms with van der Waals surface area (Å²) in [5.41, 5.74) is 11.7. The third-order valence-corrected chi connectivity index (χ3v) is 4.44. The first kappa shape index (κ1) is 15.9. The minimum Gasteiger partial charge on any atom is -0.382 e. The second kappa shape index (κ2) is 6.52. The fraction of sp³-hybridized carbons (Fsp3) is 0.667. The number of nitrogens with two attached hydrogens (primary N) is 2. The Kier molecular flexibility index (Phi) is 4.94. The molecule has 4 N–H and O–H groups in total. The molecule has 1 fully saturated rings. The summed E-state index contributed by atoms with van der Waals surface area (Å²) >= 11 is 1.13. The van der Waals surface area contributed by atoms with Crippen molar-refractivity contribution in [2.45, 2.75) is 25.3 Å². The monoisotopic (exact) mass is 319 g/mol. The van der Waals surface area contributed by atoms with E-state index in [0.29, 0.717) is 11.7 Å². The predicted molar refractivity (Wildman–Crippen MR) is 78.9 cm³/mol. The van der Waals surface area contributed by atoms with Crippen LogP contribution < -0.4 is 16.4 Å². The molecule has 1 atom stereocenters. The zero-order valence-electron chi connectivity index (χ0n) is 11.8. The zero-order chi connectivity index (χ0) is 15.6. The maximum Gasteiger partial charge on any atom is 0.267 e. The van der Waals surface area contributed by atoms with Crippen molar-refractivity contribution in [3.05, 3.63) is 4.88 Å². The van der Waals surface area contributed by atoms with E-state index in [2.05, 4.69) is 4.98 Å². The van der Waals surface area contributed by atoms with Gasteiger partial charge in [0.1, 0.15) is 10.7 Å². The van der Waals surface area contributed by atoms with E-state index in [9.17, 15) is 13.6 Å². The summed E-state index contributed by atoms with van der Waals surface area (Å²) in [6.45, 7) is 0.842. The van der Waals surface area contributed by atoms with Crippen LogP contribution in [-0.4, -0.2) is 54.9 Å². The summed E-state index contributed by atoms with van der Waals surface area (Å²) in [7, 11) is 1.32. The van der Waals surface area contributed by atoms with Gasteiger partial charge in [0.15, 0.2) is 5.13 Å². The fourth-order valence-electron chi connectivity index (χ4n) is 2.26. The molecule has 0 bridgehead atoms. The van der Waals surface area contributed by atoms with Crippen LogP contribution >= 0.6 is 11.3 Å². The van der Waals surface area contributed by atoms with E-state index in [0.717, 1.165) is 35.6 Å². The van der Waals surface area contributed by atoms with E-state index in [1.165, 1.54) is 7.05 Å². The smallest absolute Gasteiger partial charge is 0.267 e. The number of halogens is 2. The van der Waals surface area contributed by atoms with Gasteiger partial charge in [-0.2, -0.15) is 0 Å². The molecule has 0 saturated carbocycles. The van der Waals surface area contributed by atoms with E-state index < -0.39 is 18.9 Å². The standard InChI is InChI=1S/C12H19F2N5OS/c1-18(6-8(13)14)11(20)9-10(16)17-12(21-9)19-4-2-3-7(15)5-19/h7-8H,2-6,15-16H2,1H3. The van der Waals surface area contributed by atoms with Crippen molar-refractivity contribution in [1.29, 1.82) is 0 Å². The van der Waals surface area contributed by atoms with Gasteiger partial charge in [0.25, 0.3) is 12.3 Å². The topological polar surface area (TPSA) is 88.5 Å². The van der Waals surface area contributed by atoms with Gasteiger partial charge >= 0.3 is 0 Å². The van der Waals surface area contributed by atoms with E-state index in [1.54, 1.807) is 0 Å².